The van der Waals surface area contributed by atoms with Gasteiger partial charge in [-0.3, -0.25) is 0 Å². The molecule has 0 spiro atoms. The lowest BCUT2D eigenvalue weighted by atomic mass is 9.93. The van der Waals surface area contributed by atoms with E-state index < -0.39 is 34.7 Å². The van der Waals surface area contributed by atoms with Crippen LogP contribution in [0.5, 0.6) is 0 Å². The third kappa shape index (κ3) is 4.54. The van der Waals surface area contributed by atoms with Crippen LogP contribution in [0.15, 0.2) is 72.8 Å². The molecule has 0 radical (unpaired) electrons. The van der Waals surface area contributed by atoms with Gasteiger partial charge in [0.05, 0.1) is 0 Å². The zero-order valence-electron chi connectivity index (χ0n) is 17.9. The van der Waals surface area contributed by atoms with Gasteiger partial charge < -0.3 is 0 Å². The summed E-state index contributed by atoms with van der Waals surface area (Å²) in [5.41, 5.74) is 2.25. The van der Waals surface area contributed by atoms with Gasteiger partial charge in [0.2, 0.25) is 0 Å². The molecule has 4 rings (SSSR count). The Bertz CT molecular complexity index is 1310. The Morgan fingerprint density at radius 1 is 0.727 bits per heavy atom. The largest absolute Gasteiger partial charge is 0.204 e. The van der Waals surface area contributed by atoms with Crippen LogP contribution in [0.25, 0.3) is 33.6 Å². The molecule has 0 aromatic heterocycles. The second-order valence-electron chi connectivity index (χ2n) is 7.89. The lowest BCUT2D eigenvalue weighted by molar-refractivity contribution is 0.446. The zero-order chi connectivity index (χ0) is 23.5. The van der Waals surface area contributed by atoms with Crippen molar-refractivity contribution in [1.82, 2.24) is 0 Å². The van der Waals surface area contributed by atoms with E-state index in [1.807, 2.05) is 18.2 Å². The van der Waals surface area contributed by atoms with Crippen LogP contribution in [0.2, 0.25) is 0 Å². The van der Waals surface area contributed by atoms with Gasteiger partial charge in [0.25, 0.3) is 0 Å². The average Bonchev–Trinajstić information content (AvgIpc) is 2.84. The normalized spacial score (nSPS) is 12.2. The van der Waals surface area contributed by atoms with Crippen LogP contribution >= 0.6 is 0 Å². The summed E-state index contributed by atoms with van der Waals surface area (Å²) in [5.74, 6) is -7.65. The first-order valence-electron chi connectivity index (χ1n) is 10.7. The molecule has 0 saturated carbocycles. The van der Waals surface area contributed by atoms with Crippen LogP contribution in [-0.2, 0) is 6.42 Å². The first-order chi connectivity index (χ1) is 15.9. The maximum Gasteiger partial charge on any atom is 0.194 e. The van der Waals surface area contributed by atoms with Crippen LogP contribution in [-0.4, -0.2) is 0 Å². The van der Waals surface area contributed by atoms with Crippen molar-refractivity contribution in [3.63, 3.8) is 0 Å². The summed E-state index contributed by atoms with van der Waals surface area (Å²) >= 11 is 0. The number of benzene rings is 4. The summed E-state index contributed by atoms with van der Waals surface area (Å²) in [4.78, 5) is 0. The topological polar surface area (TPSA) is 0 Å². The SMILES string of the molecule is CCCCc1ccc(-c2ccc(/C(F)=C(\F)c3cc(F)c(F)c(F)c3)c3ccccc23)cc1. The highest BCUT2D eigenvalue weighted by atomic mass is 19.2. The minimum Gasteiger partial charge on any atom is -0.204 e. The highest BCUT2D eigenvalue weighted by Crippen LogP contribution is 2.37. The molecule has 5 heteroatoms. The van der Waals surface area contributed by atoms with Crippen LogP contribution in [0.1, 0.15) is 36.5 Å². The Morgan fingerprint density at radius 2 is 1.36 bits per heavy atom. The van der Waals surface area contributed by atoms with Gasteiger partial charge in [-0.15, -0.1) is 0 Å². The van der Waals surface area contributed by atoms with Gasteiger partial charge in [0.1, 0.15) is 0 Å². The molecule has 168 valence electrons. The Morgan fingerprint density at radius 3 is 2.00 bits per heavy atom. The maximum atomic E-state index is 15.2. The molecule has 0 fully saturated rings. The minimum absolute atomic E-state index is 0.0587. The molecule has 0 aliphatic carbocycles. The van der Waals surface area contributed by atoms with Gasteiger partial charge in [-0.25, -0.2) is 22.0 Å². The number of unbranched alkanes of at least 4 members (excludes halogenated alkanes) is 1. The third-order valence-electron chi connectivity index (χ3n) is 5.67. The van der Waals surface area contributed by atoms with E-state index in [4.69, 9.17) is 0 Å². The van der Waals surface area contributed by atoms with Crippen LogP contribution in [0, 0.1) is 17.5 Å². The van der Waals surface area contributed by atoms with Crippen LogP contribution in [0.3, 0.4) is 0 Å². The molecule has 0 unspecified atom stereocenters. The highest BCUT2D eigenvalue weighted by Gasteiger charge is 2.19. The minimum atomic E-state index is -1.73. The molecular weight excluding hydrogens is 431 g/mol. The van der Waals surface area contributed by atoms with E-state index in [9.17, 15) is 17.6 Å². The van der Waals surface area contributed by atoms with E-state index in [1.54, 1.807) is 24.3 Å². The van der Waals surface area contributed by atoms with Crippen molar-refractivity contribution in [1.29, 1.82) is 0 Å². The number of hydrogen-bond acceptors (Lipinski definition) is 0. The Labute approximate surface area is 189 Å². The molecule has 0 aliphatic heterocycles. The smallest absolute Gasteiger partial charge is 0.194 e. The van der Waals surface area contributed by atoms with Crippen molar-refractivity contribution < 1.29 is 22.0 Å². The van der Waals surface area contributed by atoms with Gasteiger partial charge in [-0.05, 0) is 52.4 Å². The first-order valence-corrected chi connectivity index (χ1v) is 10.7. The fourth-order valence-electron chi connectivity index (χ4n) is 3.90. The summed E-state index contributed by atoms with van der Waals surface area (Å²) in [5, 5.41) is 1.15. The van der Waals surface area contributed by atoms with E-state index >= 15 is 4.39 Å². The van der Waals surface area contributed by atoms with E-state index in [1.165, 1.54) is 11.6 Å². The monoisotopic (exact) mass is 452 g/mol. The quantitative estimate of drug-likeness (QED) is 0.156. The number of halogens is 5. The molecule has 0 atom stereocenters. The van der Waals surface area contributed by atoms with Gasteiger partial charge in [-0.1, -0.05) is 74.0 Å². The fraction of sp³-hybridized carbons (Fsp3) is 0.143. The predicted molar refractivity (Wildman–Crippen MR) is 123 cm³/mol. The highest BCUT2D eigenvalue weighted by molar-refractivity contribution is 6.04. The molecule has 4 aromatic carbocycles. The Balaban J connectivity index is 1.80. The summed E-state index contributed by atoms with van der Waals surface area (Å²) < 4.78 is 70.3. The predicted octanol–water partition coefficient (Wildman–Crippen LogP) is 9.03. The van der Waals surface area contributed by atoms with Crippen molar-refractivity contribution in [3.8, 4) is 11.1 Å². The van der Waals surface area contributed by atoms with Crippen LogP contribution < -0.4 is 0 Å². The molecule has 0 nitrogen and oxygen atoms in total. The number of rotatable bonds is 6. The summed E-state index contributed by atoms with van der Waals surface area (Å²) in [6, 6.07) is 19.1. The number of aryl methyl sites for hydroxylation is 1. The van der Waals surface area contributed by atoms with Crippen molar-refractivity contribution in [3.05, 3.63) is 107 Å². The first kappa shape index (κ1) is 22.7. The molecule has 0 bridgehead atoms. The molecule has 0 saturated heterocycles. The number of fused-ring (bicyclic) bond motifs is 1. The van der Waals surface area contributed by atoms with Crippen molar-refractivity contribution in [2.75, 3.05) is 0 Å². The molecule has 0 heterocycles. The van der Waals surface area contributed by atoms with E-state index in [0.29, 0.717) is 22.9 Å². The number of hydrogen-bond donors (Lipinski definition) is 0. The van der Waals surface area contributed by atoms with Crippen molar-refractivity contribution >= 4 is 22.4 Å². The molecule has 0 amide bonds. The van der Waals surface area contributed by atoms with E-state index in [0.717, 1.165) is 30.4 Å². The zero-order valence-corrected chi connectivity index (χ0v) is 17.9. The fourth-order valence-corrected chi connectivity index (χ4v) is 3.90. The molecule has 0 aliphatic rings. The summed E-state index contributed by atoms with van der Waals surface area (Å²) in [6.07, 6.45) is 3.22. The standard InChI is InChI=1S/C28H21F5/c1-2-3-6-17-9-11-18(12-10-17)20-13-14-23(22-8-5-4-7-21(20)22)27(32)26(31)19-15-24(29)28(33)25(30)16-19/h4-5,7-16H,2-3,6H2,1H3/b27-26+. The van der Waals surface area contributed by atoms with Crippen molar-refractivity contribution in [2.24, 2.45) is 0 Å². The van der Waals surface area contributed by atoms with Crippen molar-refractivity contribution in [2.45, 2.75) is 26.2 Å². The molecule has 33 heavy (non-hydrogen) atoms. The Kier molecular flexibility index (Phi) is 6.59. The maximum absolute atomic E-state index is 15.2. The lowest BCUT2D eigenvalue weighted by Gasteiger charge is -2.12. The van der Waals surface area contributed by atoms with E-state index in [-0.39, 0.29) is 5.56 Å². The third-order valence-corrected chi connectivity index (χ3v) is 5.67. The lowest BCUT2D eigenvalue weighted by Crippen LogP contribution is -1.94. The van der Waals surface area contributed by atoms with Gasteiger partial charge >= 0.3 is 0 Å². The van der Waals surface area contributed by atoms with Gasteiger partial charge in [-0.2, -0.15) is 0 Å². The Hall–Kier alpha value is -3.47. The van der Waals surface area contributed by atoms with E-state index in [2.05, 4.69) is 19.1 Å². The molecule has 4 aromatic rings. The van der Waals surface area contributed by atoms with Gasteiger partial charge in [0, 0.05) is 11.1 Å². The second-order valence-corrected chi connectivity index (χ2v) is 7.89. The molecule has 0 N–H and O–H groups in total. The van der Waals surface area contributed by atoms with Gasteiger partial charge in [0.15, 0.2) is 29.1 Å². The van der Waals surface area contributed by atoms with Crippen LogP contribution in [0.4, 0.5) is 22.0 Å². The summed E-state index contributed by atoms with van der Waals surface area (Å²) in [7, 11) is 0. The summed E-state index contributed by atoms with van der Waals surface area (Å²) in [6.45, 7) is 2.14. The average molecular weight is 452 g/mol. The molecular formula is C28H21F5. The second kappa shape index (κ2) is 9.57.